The molecular weight excluding hydrogens is 1390 g/mol. The summed E-state index contributed by atoms with van der Waals surface area (Å²) in [4.78, 5) is 0. The number of hydrogen-bond donors (Lipinski definition) is 3. The van der Waals surface area contributed by atoms with Gasteiger partial charge < -0.3 is 19.9 Å². The van der Waals surface area contributed by atoms with Crippen LogP contribution in [0.2, 0.25) is 0 Å². The minimum absolute atomic E-state index is 0. The van der Waals surface area contributed by atoms with Gasteiger partial charge in [0.15, 0.2) is 0 Å². The van der Waals surface area contributed by atoms with Crippen molar-refractivity contribution in [3.8, 4) is 0 Å². The molecule has 0 bridgehead atoms. The van der Waals surface area contributed by atoms with E-state index in [9.17, 15) is 0 Å². The van der Waals surface area contributed by atoms with Gasteiger partial charge in [-0.25, -0.2) is 5.09 Å². The van der Waals surface area contributed by atoms with E-state index >= 15 is 0 Å². The molecule has 0 radical (unpaired) electrons. The summed E-state index contributed by atoms with van der Waals surface area (Å²) >= 11 is 0. The van der Waals surface area contributed by atoms with E-state index in [2.05, 4.69) is 430 Å². The van der Waals surface area contributed by atoms with Crippen LogP contribution >= 0.6 is 31.9 Å². The lowest BCUT2D eigenvalue weighted by Crippen LogP contribution is -2.26. The first-order valence-corrected chi connectivity index (χ1v) is 41.9. The van der Waals surface area contributed by atoms with Crippen LogP contribution in [0.15, 0.2) is 445 Å². The first kappa shape index (κ1) is 74.0. The van der Waals surface area contributed by atoms with Crippen molar-refractivity contribution in [2.75, 3.05) is 5.09 Å². The van der Waals surface area contributed by atoms with Gasteiger partial charge in [0.2, 0.25) is 0 Å². The van der Waals surface area contributed by atoms with Crippen LogP contribution in [0.4, 0.5) is 0 Å². The number of fused-ring (bicyclic) bond motifs is 7. The Balaban J connectivity index is 0.000000146. The molecule has 0 unspecified atom stereocenters. The van der Waals surface area contributed by atoms with Gasteiger partial charge in [0, 0.05) is 39.8 Å². The number of hydrogen-bond acceptors (Lipinski definition) is 5. The first-order valence-electron chi connectivity index (χ1n) is 36.5. The average molecular weight is 1470 g/mol. The molecule has 0 saturated carbocycles. The van der Waals surface area contributed by atoms with Gasteiger partial charge in [-0.05, 0) is 123 Å². The molecule has 9 heteroatoms. The fourth-order valence-electron chi connectivity index (χ4n) is 14.7. The lowest BCUT2D eigenvalue weighted by molar-refractivity contribution is 0.630. The van der Waals surface area contributed by atoms with E-state index < -0.39 is 31.9 Å². The van der Waals surface area contributed by atoms with Crippen molar-refractivity contribution in [3.05, 3.63) is 470 Å². The van der Waals surface area contributed by atoms with Crippen molar-refractivity contribution < 1.29 is 8.39 Å². The molecule has 0 aliphatic heterocycles. The first-order chi connectivity index (χ1) is 53.0. The molecule has 17 aromatic rings. The van der Waals surface area contributed by atoms with Crippen LogP contribution in [-0.2, 0) is 0 Å². The highest BCUT2D eigenvalue weighted by atomic mass is 31.1. The van der Waals surface area contributed by atoms with E-state index in [1.807, 2.05) is 12.1 Å². The van der Waals surface area contributed by atoms with Crippen LogP contribution in [-0.4, -0.2) is 0 Å². The summed E-state index contributed by atoms with van der Waals surface area (Å²) in [5.74, 6) is 0. The van der Waals surface area contributed by atoms with Crippen molar-refractivity contribution >= 4 is 107 Å². The van der Waals surface area contributed by atoms with Crippen molar-refractivity contribution in [1.29, 1.82) is 0 Å². The van der Waals surface area contributed by atoms with Gasteiger partial charge in [0.05, 0.1) is 6.04 Å². The van der Waals surface area contributed by atoms with Gasteiger partial charge >= 0.3 is 8.16 Å². The second-order valence-corrected chi connectivity index (χ2v) is 34.5. The van der Waals surface area contributed by atoms with E-state index in [1.165, 1.54) is 76.0 Å². The van der Waals surface area contributed by atoms with Crippen LogP contribution < -0.4 is 48.4 Å². The van der Waals surface area contributed by atoms with Gasteiger partial charge in [-0.15, -0.1) is 0 Å². The summed E-state index contributed by atoms with van der Waals surface area (Å²) in [5, 5.41) is 18.8. The Morgan fingerprint density at radius 3 is 0.741 bits per heavy atom. The summed E-state index contributed by atoms with van der Waals surface area (Å²) in [6.07, 6.45) is 0. The van der Waals surface area contributed by atoms with E-state index in [0.29, 0.717) is 0 Å². The monoisotopic (exact) mass is 1470 g/mol. The average Bonchev–Trinajstić information content (AvgIpc) is 1.49. The largest absolute Gasteiger partial charge is 0.408 e. The zero-order valence-electron chi connectivity index (χ0n) is 59.3. The van der Waals surface area contributed by atoms with Crippen molar-refractivity contribution in [2.45, 2.75) is 42.5 Å². The quantitative estimate of drug-likeness (QED) is 0.0662. The van der Waals surface area contributed by atoms with E-state index in [4.69, 9.17) is 19.9 Å². The molecular formula is C99H87N3O2P4. The molecule has 1 heterocycles. The summed E-state index contributed by atoms with van der Waals surface area (Å²) < 4.78 is 14.1. The van der Waals surface area contributed by atoms with Gasteiger partial charge in [-0.2, -0.15) is 0 Å². The third-order valence-corrected chi connectivity index (χ3v) is 29.5. The summed E-state index contributed by atoms with van der Waals surface area (Å²) in [6.45, 7) is 0. The molecule has 530 valence electrons. The van der Waals surface area contributed by atoms with E-state index in [0.717, 1.165) is 32.7 Å². The Morgan fingerprint density at radius 2 is 0.454 bits per heavy atom. The number of nitrogens with one attached hydrogen (secondary N) is 1. The summed E-state index contributed by atoms with van der Waals surface area (Å²) in [6, 6.07) is 155. The fraction of sp³-hybridized carbons (Fsp3) is 0.0707. The highest BCUT2D eigenvalue weighted by Crippen LogP contribution is 2.59. The Hall–Kier alpha value is -10.9. The highest BCUT2D eigenvalue weighted by molar-refractivity contribution is 7.74. The lowest BCUT2D eigenvalue weighted by atomic mass is 9.99. The number of benzene rings is 16. The molecule has 5 nitrogen and oxygen atoms in total. The van der Waals surface area contributed by atoms with Gasteiger partial charge in [0.25, 0.3) is 0 Å². The van der Waals surface area contributed by atoms with Crippen molar-refractivity contribution in [1.82, 2.24) is 0 Å². The van der Waals surface area contributed by atoms with Crippen LogP contribution in [0.3, 0.4) is 0 Å². The standard InChI is InChI=1S/C46H35NO2P2.2C26H24NP.CH4/c1-5-19-35(20-6-1)45(46(36-21-7-2-8-22-36)50(37-23-9-3-10-24-37)38-25-11-4-12-26-38)47-51-48-41-31-29-33-17-13-15-27-39(33)43(41)44-40-28-16-14-18-34(40)30-32-42(44)49-51;2*27-25(21-13-5-1-6-14-21)26(22-15-7-2-8-16-22)28(23-17-9-3-10-18-23)24-19-11-4-12-20-24;/h1-32,45-47H;2*1-20,25-26H,27H2;1H4/t45-,46-;2*25-,26-;/m010./s1. The minimum Gasteiger partial charge on any atom is -0.408 e. The fourth-order valence-corrected chi connectivity index (χ4v) is 24.8. The topological polar surface area (TPSA) is 90.3 Å². The molecule has 5 N–H and O–H groups in total. The van der Waals surface area contributed by atoms with Crippen LogP contribution in [0.1, 0.15) is 75.9 Å². The second kappa shape index (κ2) is 36.6. The van der Waals surface area contributed by atoms with Crippen LogP contribution in [0, 0.1) is 0 Å². The third kappa shape index (κ3) is 17.2. The SMILES string of the molecule is C.N[C@@H](c1ccccc1)[C@H](c1ccccc1)P(c1ccccc1)c1ccccc1.N[C@H](c1ccccc1)[C@@H](c1ccccc1)P(c1ccccc1)c1ccccc1.c1ccc([C@H](Np2oc3ccc4ccccc4c3c3c(ccc4ccccc43)o2)[C@H](c2ccccc2)P(c2ccccc2)c2ccccc2)cc1. The molecule has 0 aliphatic rings. The maximum atomic E-state index is 7.06. The van der Waals surface area contributed by atoms with Crippen LogP contribution in [0.25, 0.3) is 43.5 Å². The molecule has 1 aromatic heterocycles. The van der Waals surface area contributed by atoms with Crippen molar-refractivity contribution in [2.24, 2.45) is 11.5 Å². The molecule has 0 amide bonds. The molecule has 6 atom stereocenters. The predicted molar refractivity (Wildman–Crippen MR) is 468 cm³/mol. The zero-order valence-corrected chi connectivity index (χ0v) is 62.9. The van der Waals surface area contributed by atoms with E-state index in [-0.39, 0.29) is 42.5 Å². The molecule has 0 spiro atoms. The lowest BCUT2D eigenvalue weighted by Gasteiger charge is -2.35. The van der Waals surface area contributed by atoms with Gasteiger partial charge in [-0.3, -0.25) is 0 Å². The molecule has 17 rings (SSSR count). The van der Waals surface area contributed by atoms with Crippen LogP contribution in [0.5, 0.6) is 0 Å². The molecule has 0 saturated heterocycles. The maximum absolute atomic E-state index is 7.06. The maximum Gasteiger partial charge on any atom is 0.307 e. The Bertz CT molecular complexity index is 5230. The molecule has 0 fully saturated rings. The normalized spacial score (nSPS) is 12.9. The summed E-state index contributed by atoms with van der Waals surface area (Å²) in [5.41, 5.74) is 23.3. The zero-order chi connectivity index (χ0) is 72.4. The minimum atomic E-state index is -1.67. The van der Waals surface area contributed by atoms with E-state index in [1.54, 1.807) is 0 Å². The predicted octanol–water partition coefficient (Wildman–Crippen LogP) is 24.5. The molecule has 108 heavy (non-hydrogen) atoms. The highest BCUT2D eigenvalue weighted by Gasteiger charge is 2.37. The third-order valence-electron chi connectivity index (χ3n) is 19.6. The molecule has 16 aromatic carbocycles. The van der Waals surface area contributed by atoms with Gasteiger partial charge in [-0.1, -0.05) is 432 Å². The Kier molecular flexibility index (Phi) is 25.1. The number of nitrogens with two attached hydrogens (primary N) is 2. The Morgan fingerprint density at radius 1 is 0.231 bits per heavy atom. The second-order valence-electron chi connectivity index (χ2n) is 26.3. The van der Waals surface area contributed by atoms with Gasteiger partial charge in [0.1, 0.15) is 11.2 Å². The van der Waals surface area contributed by atoms with Crippen molar-refractivity contribution in [3.63, 3.8) is 0 Å². The molecule has 0 aliphatic carbocycles. The number of rotatable bonds is 20. The summed E-state index contributed by atoms with van der Waals surface area (Å²) in [7, 11) is -3.93. The Labute approximate surface area is 640 Å². The smallest absolute Gasteiger partial charge is 0.307 e.